The molecule has 0 radical (unpaired) electrons. The fourth-order valence-corrected chi connectivity index (χ4v) is 1.83. The molecule has 0 unspecified atom stereocenters. The highest BCUT2D eigenvalue weighted by Crippen LogP contribution is 2.20. The van der Waals surface area contributed by atoms with E-state index < -0.39 is 0 Å². The van der Waals surface area contributed by atoms with Crippen LogP contribution in [-0.4, -0.2) is 15.2 Å². The van der Waals surface area contributed by atoms with Crippen molar-refractivity contribution >= 4 is 22.6 Å². The van der Waals surface area contributed by atoms with Crippen LogP contribution in [0.2, 0.25) is 0 Å². The zero-order chi connectivity index (χ0) is 12.4. The van der Waals surface area contributed by atoms with Gasteiger partial charge in [-0.1, -0.05) is 26.0 Å². The summed E-state index contributed by atoms with van der Waals surface area (Å²) in [5.74, 6) is 1.79. The molecule has 2 rings (SSSR count). The normalized spacial score (nSPS) is 13.0. The Kier molecular flexibility index (Phi) is 3.78. The lowest BCUT2D eigenvalue weighted by atomic mass is 10.1. The van der Waals surface area contributed by atoms with Crippen LogP contribution in [0.3, 0.4) is 0 Å². The SMILES string of the molecule is CC(C)[C@H](N)c1nc(-c2ccc(I)cc2)n[nH]1. The molecule has 2 aromatic rings. The number of benzene rings is 1. The second-order valence-electron chi connectivity index (χ2n) is 4.32. The lowest BCUT2D eigenvalue weighted by Gasteiger charge is -2.11. The Morgan fingerprint density at radius 2 is 1.88 bits per heavy atom. The van der Waals surface area contributed by atoms with Crippen molar-refractivity contribution in [1.82, 2.24) is 15.2 Å². The van der Waals surface area contributed by atoms with Crippen molar-refractivity contribution in [3.05, 3.63) is 33.7 Å². The number of aromatic nitrogens is 3. The predicted octanol–water partition coefficient (Wildman–Crippen LogP) is 2.73. The van der Waals surface area contributed by atoms with E-state index in [1.165, 1.54) is 3.57 Å². The number of halogens is 1. The maximum atomic E-state index is 6.02. The van der Waals surface area contributed by atoms with Gasteiger partial charge in [-0.15, -0.1) is 0 Å². The van der Waals surface area contributed by atoms with Gasteiger partial charge in [-0.05, 0) is 40.6 Å². The number of H-pyrrole nitrogens is 1. The van der Waals surface area contributed by atoms with E-state index in [1.54, 1.807) is 0 Å². The van der Waals surface area contributed by atoms with Crippen LogP contribution in [0.4, 0.5) is 0 Å². The second-order valence-corrected chi connectivity index (χ2v) is 5.57. The summed E-state index contributed by atoms with van der Waals surface area (Å²) in [4.78, 5) is 4.44. The third-order valence-electron chi connectivity index (χ3n) is 2.64. The smallest absolute Gasteiger partial charge is 0.181 e. The van der Waals surface area contributed by atoms with E-state index in [0.717, 1.165) is 11.4 Å². The minimum atomic E-state index is -0.0971. The Morgan fingerprint density at radius 3 is 2.47 bits per heavy atom. The van der Waals surface area contributed by atoms with Crippen LogP contribution < -0.4 is 5.73 Å². The average molecular weight is 342 g/mol. The molecule has 0 fully saturated rings. The molecule has 17 heavy (non-hydrogen) atoms. The molecule has 90 valence electrons. The highest BCUT2D eigenvalue weighted by Gasteiger charge is 2.15. The van der Waals surface area contributed by atoms with Crippen LogP contribution in [0.1, 0.15) is 25.7 Å². The standard InChI is InChI=1S/C12H15IN4/c1-7(2)10(14)12-15-11(16-17-12)8-3-5-9(13)6-4-8/h3-7,10H,14H2,1-2H3,(H,15,16,17)/t10-/m0/s1. The summed E-state index contributed by atoms with van der Waals surface area (Å²) < 4.78 is 1.20. The summed E-state index contributed by atoms with van der Waals surface area (Å²) in [7, 11) is 0. The molecule has 0 saturated carbocycles. The molecule has 4 nitrogen and oxygen atoms in total. The van der Waals surface area contributed by atoms with E-state index >= 15 is 0 Å². The lowest BCUT2D eigenvalue weighted by molar-refractivity contribution is 0.492. The third-order valence-corrected chi connectivity index (χ3v) is 3.36. The molecule has 5 heteroatoms. The van der Waals surface area contributed by atoms with Gasteiger partial charge in [-0.3, -0.25) is 5.10 Å². The number of nitrogens with two attached hydrogens (primary N) is 1. The molecule has 0 bridgehead atoms. The molecular formula is C12H15IN4. The zero-order valence-corrected chi connectivity index (χ0v) is 12.0. The molecule has 1 aromatic heterocycles. The fraction of sp³-hybridized carbons (Fsp3) is 0.333. The van der Waals surface area contributed by atoms with Crippen LogP contribution in [0.25, 0.3) is 11.4 Å². The van der Waals surface area contributed by atoms with Gasteiger partial charge < -0.3 is 5.73 Å². The zero-order valence-electron chi connectivity index (χ0n) is 9.81. The van der Waals surface area contributed by atoms with Crippen molar-refractivity contribution in [3.63, 3.8) is 0 Å². The van der Waals surface area contributed by atoms with E-state index in [-0.39, 0.29) is 6.04 Å². The maximum absolute atomic E-state index is 6.02. The Balaban J connectivity index is 2.26. The second kappa shape index (κ2) is 5.14. The van der Waals surface area contributed by atoms with Crippen molar-refractivity contribution in [2.75, 3.05) is 0 Å². The Hall–Kier alpha value is -0.950. The highest BCUT2D eigenvalue weighted by atomic mass is 127. The molecule has 0 aliphatic rings. The minimum Gasteiger partial charge on any atom is -0.321 e. The Morgan fingerprint density at radius 1 is 1.24 bits per heavy atom. The molecule has 0 saturated heterocycles. The molecule has 1 aromatic carbocycles. The van der Waals surface area contributed by atoms with Crippen molar-refractivity contribution in [1.29, 1.82) is 0 Å². The summed E-state index contributed by atoms with van der Waals surface area (Å²) in [6, 6.07) is 7.99. The molecule has 0 amide bonds. The first-order chi connectivity index (χ1) is 8.08. The Bertz CT molecular complexity index is 489. The van der Waals surface area contributed by atoms with Gasteiger partial charge in [0.05, 0.1) is 6.04 Å². The van der Waals surface area contributed by atoms with Crippen LogP contribution >= 0.6 is 22.6 Å². The molecular weight excluding hydrogens is 327 g/mol. The van der Waals surface area contributed by atoms with Crippen LogP contribution in [0, 0.1) is 9.49 Å². The first-order valence-corrected chi connectivity index (χ1v) is 6.59. The summed E-state index contributed by atoms with van der Waals surface area (Å²) in [5, 5.41) is 7.11. The first-order valence-electron chi connectivity index (χ1n) is 5.51. The van der Waals surface area contributed by atoms with Gasteiger partial charge in [0.1, 0.15) is 5.82 Å². The predicted molar refractivity (Wildman–Crippen MR) is 76.3 cm³/mol. The van der Waals surface area contributed by atoms with Crippen LogP contribution in [0.5, 0.6) is 0 Å². The number of aromatic amines is 1. The molecule has 1 heterocycles. The minimum absolute atomic E-state index is 0.0971. The van der Waals surface area contributed by atoms with Gasteiger partial charge in [0, 0.05) is 9.13 Å². The Labute approximate surface area is 114 Å². The van der Waals surface area contributed by atoms with Crippen molar-refractivity contribution in [2.24, 2.45) is 11.7 Å². The molecule has 0 aliphatic carbocycles. The van der Waals surface area contributed by atoms with Crippen LogP contribution in [-0.2, 0) is 0 Å². The first kappa shape index (κ1) is 12.5. The van der Waals surface area contributed by atoms with Crippen LogP contribution in [0.15, 0.2) is 24.3 Å². The van der Waals surface area contributed by atoms with Gasteiger partial charge >= 0.3 is 0 Å². The average Bonchev–Trinajstić information content (AvgIpc) is 2.78. The van der Waals surface area contributed by atoms with Crippen molar-refractivity contribution in [2.45, 2.75) is 19.9 Å². The van der Waals surface area contributed by atoms with E-state index in [4.69, 9.17) is 5.73 Å². The van der Waals surface area contributed by atoms with Crippen molar-refractivity contribution < 1.29 is 0 Å². The number of nitrogens with zero attached hydrogens (tertiary/aromatic N) is 2. The number of nitrogens with one attached hydrogen (secondary N) is 1. The largest absolute Gasteiger partial charge is 0.321 e. The van der Waals surface area contributed by atoms with Gasteiger partial charge in [-0.2, -0.15) is 5.10 Å². The molecule has 0 spiro atoms. The monoisotopic (exact) mass is 342 g/mol. The van der Waals surface area contributed by atoms with Gasteiger partial charge in [0.15, 0.2) is 5.82 Å². The molecule has 0 aliphatic heterocycles. The summed E-state index contributed by atoms with van der Waals surface area (Å²) in [5.41, 5.74) is 7.02. The van der Waals surface area contributed by atoms with Gasteiger partial charge in [0.2, 0.25) is 0 Å². The van der Waals surface area contributed by atoms with Crippen molar-refractivity contribution in [3.8, 4) is 11.4 Å². The summed E-state index contributed by atoms with van der Waals surface area (Å²) in [6.45, 7) is 4.13. The topological polar surface area (TPSA) is 67.6 Å². The summed E-state index contributed by atoms with van der Waals surface area (Å²) in [6.07, 6.45) is 0. The number of hydrogen-bond acceptors (Lipinski definition) is 3. The maximum Gasteiger partial charge on any atom is 0.181 e. The quantitative estimate of drug-likeness (QED) is 0.843. The molecule has 1 atom stereocenters. The van der Waals surface area contributed by atoms with E-state index in [1.807, 2.05) is 24.3 Å². The lowest BCUT2D eigenvalue weighted by Crippen LogP contribution is -2.18. The van der Waals surface area contributed by atoms with E-state index in [0.29, 0.717) is 11.7 Å². The fourth-order valence-electron chi connectivity index (χ4n) is 1.47. The highest BCUT2D eigenvalue weighted by molar-refractivity contribution is 14.1. The summed E-state index contributed by atoms with van der Waals surface area (Å²) >= 11 is 2.27. The molecule has 3 N–H and O–H groups in total. The third kappa shape index (κ3) is 2.84. The van der Waals surface area contributed by atoms with Gasteiger partial charge in [0.25, 0.3) is 0 Å². The van der Waals surface area contributed by atoms with Gasteiger partial charge in [-0.25, -0.2) is 4.98 Å². The van der Waals surface area contributed by atoms with E-state index in [2.05, 4.69) is 51.6 Å². The van der Waals surface area contributed by atoms with E-state index in [9.17, 15) is 0 Å². The number of rotatable bonds is 3. The number of hydrogen-bond donors (Lipinski definition) is 2.